The maximum absolute atomic E-state index is 5.83. The number of hydrogen-bond donors (Lipinski definition) is 0. The predicted octanol–water partition coefficient (Wildman–Crippen LogP) is 4.07. The lowest BCUT2D eigenvalue weighted by Gasteiger charge is -1.99. The molecule has 0 radical (unpaired) electrons. The van der Waals surface area contributed by atoms with E-state index in [0.717, 1.165) is 21.5 Å². The van der Waals surface area contributed by atoms with Gasteiger partial charge in [0.2, 0.25) is 0 Å². The number of benzene rings is 1. The summed E-state index contributed by atoms with van der Waals surface area (Å²) in [5.74, 6) is 0.742. The number of aryl methyl sites for hydroxylation is 1. The van der Waals surface area contributed by atoms with Crippen LogP contribution in [0.4, 0.5) is 0 Å². The van der Waals surface area contributed by atoms with E-state index in [1.54, 1.807) is 0 Å². The Morgan fingerprint density at radius 1 is 1.36 bits per heavy atom. The van der Waals surface area contributed by atoms with Crippen molar-refractivity contribution < 1.29 is 4.52 Å². The van der Waals surface area contributed by atoms with Gasteiger partial charge in [0.1, 0.15) is 0 Å². The molecule has 4 heteroatoms. The Labute approximate surface area is 95.0 Å². The minimum atomic E-state index is 0.692. The summed E-state index contributed by atoms with van der Waals surface area (Å²) in [4.78, 5) is 0. The monoisotopic (exact) mass is 271 g/mol. The Morgan fingerprint density at radius 3 is 2.71 bits per heavy atom. The van der Waals surface area contributed by atoms with Crippen molar-refractivity contribution in [1.82, 2.24) is 5.16 Å². The summed E-state index contributed by atoms with van der Waals surface area (Å²) in [5, 5.41) is 4.52. The lowest BCUT2D eigenvalue weighted by Crippen LogP contribution is -1.76. The Morgan fingerprint density at radius 2 is 2.14 bits per heavy atom. The van der Waals surface area contributed by atoms with Crippen LogP contribution in [-0.2, 0) is 0 Å². The van der Waals surface area contributed by atoms with Gasteiger partial charge in [0.15, 0.2) is 5.76 Å². The molecular weight excluding hydrogens is 265 g/mol. The summed E-state index contributed by atoms with van der Waals surface area (Å²) in [7, 11) is 0. The van der Waals surface area contributed by atoms with Crippen molar-refractivity contribution in [2.45, 2.75) is 6.92 Å². The zero-order valence-electron chi connectivity index (χ0n) is 7.42. The van der Waals surface area contributed by atoms with Gasteiger partial charge in [-0.1, -0.05) is 16.8 Å². The molecule has 0 saturated carbocycles. The molecule has 1 aromatic heterocycles. The van der Waals surface area contributed by atoms with Crippen molar-refractivity contribution in [3.63, 3.8) is 0 Å². The van der Waals surface area contributed by atoms with E-state index >= 15 is 0 Å². The van der Waals surface area contributed by atoms with E-state index in [9.17, 15) is 0 Å². The molecule has 0 amide bonds. The normalized spacial score (nSPS) is 10.5. The van der Waals surface area contributed by atoms with E-state index in [4.69, 9.17) is 16.1 Å². The van der Waals surface area contributed by atoms with Crippen LogP contribution in [0.15, 0.2) is 33.3 Å². The maximum Gasteiger partial charge on any atom is 0.168 e. The average molecular weight is 273 g/mol. The van der Waals surface area contributed by atoms with Gasteiger partial charge >= 0.3 is 0 Å². The third kappa shape index (κ3) is 1.83. The van der Waals surface area contributed by atoms with Crippen LogP contribution in [0.2, 0.25) is 5.02 Å². The Hall–Kier alpha value is -0.800. The molecule has 0 saturated heterocycles. The molecule has 14 heavy (non-hydrogen) atoms. The molecule has 0 aliphatic carbocycles. The van der Waals surface area contributed by atoms with Gasteiger partial charge in [-0.3, -0.25) is 0 Å². The highest BCUT2D eigenvalue weighted by molar-refractivity contribution is 9.10. The Bertz CT molecular complexity index is 467. The van der Waals surface area contributed by atoms with Gasteiger partial charge in [0.25, 0.3) is 0 Å². The summed E-state index contributed by atoms with van der Waals surface area (Å²) in [5.41, 5.74) is 1.82. The molecule has 0 fully saturated rings. The van der Waals surface area contributed by atoms with Crippen LogP contribution in [0.1, 0.15) is 5.69 Å². The molecule has 0 aliphatic heterocycles. The molecule has 2 aromatic rings. The van der Waals surface area contributed by atoms with Crippen LogP contribution in [0.5, 0.6) is 0 Å². The first kappa shape index (κ1) is 9.74. The van der Waals surface area contributed by atoms with Crippen LogP contribution in [0.3, 0.4) is 0 Å². The molecule has 72 valence electrons. The van der Waals surface area contributed by atoms with Crippen LogP contribution in [0, 0.1) is 6.92 Å². The highest BCUT2D eigenvalue weighted by Gasteiger charge is 2.08. The molecule has 1 aromatic carbocycles. The predicted molar refractivity (Wildman–Crippen MR) is 59.4 cm³/mol. The van der Waals surface area contributed by atoms with Gasteiger partial charge in [0, 0.05) is 21.1 Å². The van der Waals surface area contributed by atoms with E-state index in [1.807, 2.05) is 31.2 Å². The second kappa shape index (κ2) is 3.75. The van der Waals surface area contributed by atoms with Crippen molar-refractivity contribution in [1.29, 1.82) is 0 Å². The topological polar surface area (TPSA) is 26.0 Å². The smallest absolute Gasteiger partial charge is 0.168 e. The van der Waals surface area contributed by atoms with Gasteiger partial charge in [0.05, 0.1) is 5.69 Å². The number of nitrogens with zero attached hydrogens (tertiary/aromatic N) is 1. The van der Waals surface area contributed by atoms with Crippen molar-refractivity contribution in [3.8, 4) is 11.3 Å². The quantitative estimate of drug-likeness (QED) is 0.782. The van der Waals surface area contributed by atoms with Crippen LogP contribution < -0.4 is 0 Å². The molecule has 0 N–H and O–H groups in total. The summed E-state index contributed by atoms with van der Waals surface area (Å²) in [6.07, 6.45) is 0. The highest BCUT2D eigenvalue weighted by atomic mass is 79.9. The third-order valence-electron chi connectivity index (χ3n) is 1.82. The van der Waals surface area contributed by atoms with Crippen LogP contribution in [0.25, 0.3) is 11.3 Å². The summed E-state index contributed by atoms with van der Waals surface area (Å²) in [6.45, 7) is 1.89. The second-order valence-electron chi connectivity index (χ2n) is 2.96. The van der Waals surface area contributed by atoms with Gasteiger partial charge < -0.3 is 4.52 Å². The first-order valence-electron chi connectivity index (χ1n) is 4.05. The van der Waals surface area contributed by atoms with Gasteiger partial charge in [-0.05, 0) is 41.1 Å². The molecule has 1 heterocycles. The van der Waals surface area contributed by atoms with E-state index in [0.29, 0.717) is 5.02 Å². The van der Waals surface area contributed by atoms with Crippen molar-refractivity contribution in [2.75, 3.05) is 0 Å². The van der Waals surface area contributed by atoms with Crippen molar-refractivity contribution >= 4 is 27.5 Å². The molecule has 0 atom stereocenters. The zero-order valence-corrected chi connectivity index (χ0v) is 9.76. The van der Waals surface area contributed by atoms with Crippen molar-refractivity contribution in [2.24, 2.45) is 0 Å². The van der Waals surface area contributed by atoms with Gasteiger partial charge in [-0.2, -0.15) is 0 Å². The number of rotatable bonds is 1. The fourth-order valence-electron chi connectivity index (χ4n) is 1.18. The van der Waals surface area contributed by atoms with E-state index in [-0.39, 0.29) is 0 Å². The molecule has 2 rings (SSSR count). The molecule has 0 unspecified atom stereocenters. The number of hydrogen-bond acceptors (Lipinski definition) is 2. The van der Waals surface area contributed by atoms with E-state index in [2.05, 4.69) is 21.1 Å². The average Bonchev–Trinajstić information content (AvgIpc) is 2.51. The standard InChI is InChI=1S/C10H7BrClNO/c1-6-4-10(14-13-6)8-3-2-7(12)5-9(8)11/h2-5H,1H3. The number of aromatic nitrogens is 1. The lowest BCUT2D eigenvalue weighted by molar-refractivity contribution is 0.427. The summed E-state index contributed by atoms with van der Waals surface area (Å²) >= 11 is 9.25. The van der Waals surface area contributed by atoms with Crippen LogP contribution in [-0.4, -0.2) is 5.16 Å². The fraction of sp³-hybridized carbons (Fsp3) is 0.100. The van der Waals surface area contributed by atoms with E-state index < -0.39 is 0 Å². The Kier molecular flexibility index (Phi) is 2.61. The first-order chi connectivity index (χ1) is 6.66. The van der Waals surface area contributed by atoms with Crippen molar-refractivity contribution in [3.05, 3.63) is 39.5 Å². The highest BCUT2D eigenvalue weighted by Crippen LogP contribution is 2.30. The second-order valence-corrected chi connectivity index (χ2v) is 4.25. The maximum atomic E-state index is 5.83. The van der Waals surface area contributed by atoms with Gasteiger partial charge in [-0.15, -0.1) is 0 Å². The number of halogens is 2. The van der Waals surface area contributed by atoms with Crippen LogP contribution >= 0.6 is 27.5 Å². The summed E-state index contributed by atoms with van der Waals surface area (Å²) < 4.78 is 6.05. The van der Waals surface area contributed by atoms with Gasteiger partial charge in [-0.25, -0.2) is 0 Å². The minimum Gasteiger partial charge on any atom is -0.356 e. The molecule has 0 aliphatic rings. The largest absolute Gasteiger partial charge is 0.356 e. The Balaban J connectivity index is 2.52. The molecule has 2 nitrogen and oxygen atoms in total. The SMILES string of the molecule is Cc1cc(-c2ccc(Cl)cc2Br)on1. The minimum absolute atomic E-state index is 0.692. The third-order valence-corrected chi connectivity index (χ3v) is 2.72. The zero-order chi connectivity index (χ0) is 10.1. The summed E-state index contributed by atoms with van der Waals surface area (Å²) in [6, 6.07) is 7.43. The lowest BCUT2D eigenvalue weighted by atomic mass is 10.2. The fourth-order valence-corrected chi connectivity index (χ4v) is 2.06. The molecule has 0 bridgehead atoms. The first-order valence-corrected chi connectivity index (χ1v) is 5.22. The molecule has 0 spiro atoms. The molecular formula is C10H7BrClNO. The van der Waals surface area contributed by atoms with E-state index in [1.165, 1.54) is 0 Å².